The lowest BCUT2D eigenvalue weighted by molar-refractivity contribution is -0.120. The van der Waals surface area contributed by atoms with Crippen LogP contribution in [0, 0.1) is 24.7 Å². The fraction of sp³-hybridized carbons (Fsp3) is 0.429. The zero-order chi connectivity index (χ0) is 12.7. The highest BCUT2D eigenvalue weighted by atomic mass is 35.5. The molecular weight excluding hydrogens is 248 g/mol. The van der Waals surface area contributed by atoms with Crippen LogP contribution < -0.4 is 5.32 Å². The number of hydrogen-bond donors (Lipinski definition) is 1. The van der Waals surface area contributed by atoms with Gasteiger partial charge in [0.15, 0.2) is 5.15 Å². The second-order valence-electron chi connectivity index (χ2n) is 5.17. The minimum absolute atomic E-state index is 0.0739. The Balaban J connectivity index is 1.77. The minimum atomic E-state index is 0.0739. The third-order valence-electron chi connectivity index (χ3n) is 3.98. The molecule has 0 radical (unpaired) electrons. The van der Waals surface area contributed by atoms with E-state index in [4.69, 9.17) is 11.6 Å². The van der Waals surface area contributed by atoms with Crippen molar-refractivity contribution >= 4 is 23.2 Å². The molecular formula is C14H15ClN2O. The van der Waals surface area contributed by atoms with Gasteiger partial charge in [-0.3, -0.25) is 4.79 Å². The number of nitrogens with zero attached hydrogens (tertiary/aromatic N) is 1. The first-order chi connectivity index (χ1) is 8.65. The third-order valence-corrected chi connectivity index (χ3v) is 4.26. The maximum Gasteiger partial charge on any atom is 0.228 e. The molecule has 1 heterocycles. The molecule has 3 atom stereocenters. The van der Waals surface area contributed by atoms with Gasteiger partial charge in [-0.25, -0.2) is 4.98 Å². The van der Waals surface area contributed by atoms with E-state index in [2.05, 4.69) is 22.5 Å². The van der Waals surface area contributed by atoms with Crippen molar-refractivity contribution in [3.63, 3.8) is 0 Å². The maximum absolute atomic E-state index is 12.3. The van der Waals surface area contributed by atoms with Gasteiger partial charge in [-0.15, -0.1) is 0 Å². The summed E-state index contributed by atoms with van der Waals surface area (Å²) in [6.45, 7) is 1.92. The van der Waals surface area contributed by atoms with Gasteiger partial charge in [0, 0.05) is 12.1 Å². The lowest BCUT2D eigenvalue weighted by atomic mass is 9.93. The molecule has 3 unspecified atom stereocenters. The summed E-state index contributed by atoms with van der Waals surface area (Å²) in [5, 5.41) is 3.30. The average Bonchev–Trinajstić information content (AvgIpc) is 2.96. The number of nitrogens with one attached hydrogen (secondary N) is 1. The normalized spacial score (nSPS) is 28.7. The zero-order valence-electron chi connectivity index (χ0n) is 10.2. The maximum atomic E-state index is 12.3. The van der Waals surface area contributed by atoms with E-state index in [9.17, 15) is 4.79 Å². The molecule has 1 saturated carbocycles. The van der Waals surface area contributed by atoms with Crippen molar-refractivity contribution in [3.8, 4) is 0 Å². The summed E-state index contributed by atoms with van der Waals surface area (Å²) >= 11 is 6.02. The molecule has 2 aliphatic rings. The van der Waals surface area contributed by atoms with Crippen molar-refractivity contribution in [2.45, 2.75) is 19.8 Å². The van der Waals surface area contributed by atoms with Gasteiger partial charge >= 0.3 is 0 Å². The number of carbonyl (C=O) groups is 1. The first-order valence-corrected chi connectivity index (χ1v) is 6.63. The number of carbonyl (C=O) groups excluding carboxylic acids is 1. The van der Waals surface area contributed by atoms with E-state index in [1.165, 1.54) is 0 Å². The molecule has 4 heteroatoms. The van der Waals surface area contributed by atoms with Crippen LogP contribution >= 0.6 is 11.6 Å². The molecule has 1 amide bonds. The predicted octanol–water partition coefficient (Wildman–Crippen LogP) is 3.19. The number of rotatable bonds is 2. The van der Waals surface area contributed by atoms with Gasteiger partial charge in [-0.2, -0.15) is 0 Å². The van der Waals surface area contributed by atoms with Crippen LogP contribution in [0.3, 0.4) is 0 Å². The highest BCUT2D eigenvalue weighted by Crippen LogP contribution is 2.44. The van der Waals surface area contributed by atoms with Crippen LogP contribution in [-0.4, -0.2) is 10.9 Å². The Bertz CT molecular complexity index is 506. The number of amides is 1. The average molecular weight is 263 g/mol. The number of allylic oxidation sites excluding steroid dienone is 2. The lowest BCUT2D eigenvalue weighted by Gasteiger charge is -2.18. The Morgan fingerprint density at radius 2 is 2.28 bits per heavy atom. The van der Waals surface area contributed by atoms with Crippen LogP contribution in [0.2, 0.25) is 5.15 Å². The summed E-state index contributed by atoms with van der Waals surface area (Å²) in [6, 6.07) is 1.85. The number of hydrogen-bond acceptors (Lipinski definition) is 2. The van der Waals surface area contributed by atoms with Gasteiger partial charge in [0.1, 0.15) is 0 Å². The molecule has 1 fully saturated rings. The van der Waals surface area contributed by atoms with E-state index in [0.717, 1.165) is 18.4 Å². The molecule has 0 saturated heterocycles. The molecule has 2 bridgehead atoms. The molecule has 1 aromatic heterocycles. The Morgan fingerprint density at radius 3 is 2.89 bits per heavy atom. The van der Waals surface area contributed by atoms with Crippen molar-refractivity contribution < 1.29 is 4.79 Å². The van der Waals surface area contributed by atoms with Crippen molar-refractivity contribution in [3.05, 3.63) is 35.1 Å². The fourth-order valence-electron chi connectivity index (χ4n) is 2.97. The predicted molar refractivity (Wildman–Crippen MR) is 71.5 cm³/mol. The second-order valence-corrected chi connectivity index (χ2v) is 5.53. The molecule has 94 valence electrons. The Hall–Kier alpha value is -1.35. The van der Waals surface area contributed by atoms with Gasteiger partial charge in [-0.1, -0.05) is 23.8 Å². The molecule has 0 aliphatic heterocycles. The number of pyridine rings is 1. The molecule has 0 aromatic carbocycles. The molecule has 3 nitrogen and oxygen atoms in total. The summed E-state index contributed by atoms with van der Waals surface area (Å²) in [4.78, 5) is 16.3. The smallest absolute Gasteiger partial charge is 0.228 e. The Kier molecular flexibility index (Phi) is 2.86. The van der Waals surface area contributed by atoms with Gasteiger partial charge in [0.2, 0.25) is 5.91 Å². The molecule has 1 N–H and O–H groups in total. The van der Waals surface area contributed by atoms with Crippen LogP contribution in [0.25, 0.3) is 0 Å². The number of aryl methyl sites for hydroxylation is 1. The molecule has 1 aromatic rings. The summed E-state index contributed by atoms with van der Waals surface area (Å²) in [5.41, 5.74) is 1.60. The van der Waals surface area contributed by atoms with Crippen LogP contribution in [0.4, 0.5) is 5.69 Å². The topological polar surface area (TPSA) is 42.0 Å². The largest absolute Gasteiger partial charge is 0.323 e. The zero-order valence-corrected chi connectivity index (χ0v) is 10.9. The summed E-state index contributed by atoms with van der Waals surface area (Å²) in [6.07, 6.45) is 8.14. The van der Waals surface area contributed by atoms with E-state index >= 15 is 0 Å². The first-order valence-electron chi connectivity index (χ1n) is 6.25. The van der Waals surface area contributed by atoms with E-state index < -0.39 is 0 Å². The van der Waals surface area contributed by atoms with Gasteiger partial charge in [-0.05, 0) is 43.2 Å². The monoisotopic (exact) mass is 262 g/mol. The number of aromatic nitrogens is 1. The molecule has 3 rings (SSSR count). The van der Waals surface area contributed by atoms with Crippen LogP contribution in [0.1, 0.15) is 18.4 Å². The third kappa shape index (κ3) is 1.93. The lowest BCUT2D eigenvalue weighted by Crippen LogP contribution is -2.26. The van der Waals surface area contributed by atoms with E-state index in [0.29, 0.717) is 22.7 Å². The Morgan fingerprint density at radius 1 is 1.44 bits per heavy atom. The van der Waals surface area contributed by atoms with Crippen LogP contribution in [-0.2, 0) is 4.79 Å². The van der Waals surface area contributed by atoms with E-state index in [1.807, 2.05) is 13.0 Å². The number of fused-ring (bicyclic) bond motifs is 2. The van der Waals surface area contributed by atoms with Gasteiger partial charge in [0.25, 0.3) is 0 Å². The minimum Gasteiger partial charge on any atom is -0.323 e. The van der Waals surface area contributed by atoms with Crippen LogP contribution in [0.5, 0.6) is 0 Å². The summed E-state index contributed by atoms with van der Waals surface area (Å²) < 4.78 is 0. The summed E-state index contributed by atoms with van der Waals surface area (Å²) in [7, 11) is 0. The van der Waals surface area contributed by atoms with E-state index in [1.54, 1.807) is 6.20 Å². The Labute approximate surface area is 111 Å². The second kappa shape index (κ2) is 4.39. The highest BCUT2D eigenvalue weighted by molar-refractivity contribution is 6.32. The summed E-state index contributed by atoms with van der Waals surface area (Å²) in [5.74, 6) is 1.17. The quantitative estimate of drug-likeness (QED) is 0.657. The number of anilines is 1. The van der Waals surface area contributed by atoms with Crippen molar-refractivity contribution in [2.24, 2.45) is 17.8 Å². The van der Waals surface area contributed by atoms with Crippen molar-refractivity contribution in [1.29, 1.82) is 0 Å². The van der Waals surface area contributed by atoms with Crippen molar-refractivity contribution in [2.75, 3.05) is 5.32 Å². The standard InChI is InChI=1S/C14H15ClN2O/c1-8-4-5-16-13(15)12(8)17-14(18)11-7-9-2-3-10(11)6-9/h2-5,9-11H,6-7H2,1H3,(H,17,18). The molecule has 18 heavy (non-hydrogen) atoms. The van der Waals surface area contributed by atoms with E-state index in [-0.39, 0.29) is 11.8 Å². The van der Waals surface area contributed by atoms with Gasteiger partial charge in [0.05, 0.1) is 5.69 Å². The molecule has 0 spiro atoms. The van der Waals surface area contributed by atoms with Crippen molar-refractivity contribution in [1.82, 2.24) is 4.98 Å². The first kappa shape index (κ1) is 11.7. The highest BCUT2D eigenvalue weighted by Gasteiger charge is 2.39. The number of halogens is 1. The van der Waals surface area contributed by atoms with Gasteiger partial charge < -0.3 is 5.32 Å². The fourth-order valence-corrected chi connectivity index (χ4v) is 3.23. The van der Waals surface area contributed by atoms with Crippen LogP contribution in [0.15, 0.2) is 24.4 Å². The SMILES string of the molecule is Cc1ccnc(Cl)c1NC(=O)C1CC2C=CC1C2. The molecule has 2 aliphatic carbocycles.